The van der Waals surface area contributed by atoms with E-state index in [1.54, 1.807) is 44.3 Å². The maximum absolute atomic E-state index is 13.2. The van der Waals surface area contributed by atoms with E-state index in [2.05, 4.69) is 15.1 Å². The van der Waals surface area contributed by atoms with Gasteiger partial charge in [-0.25, -0.2) is 19.4 Å². The van der Waals surface area contributed by atoms with Crippen LogP contribution >= 0.6 is 11.6 Å². The summed E-state index contributed by atoms with van der Waals surface area (Å²) in [5.74, 6) is 0.291. The quantitative estimate of drug-likeness (QED) is 0.363. The molecule has 9 nitrogen and oxygen atoms in total. The monoisotopic (exact) mass is 506 g/mol. The number of carbonyl (C=O) groups is 1. The molecule has 1 saturated heterocycles. The number of benzene rings is 2. The maximum atomic E-state index is 13.2. The summed E-state index contributed by atoms with van der Waals surface area (Å²) in [6.07, 6.45) is 2.21. The minimum absolute atomic E-state index is 0.112. The van der Waals surface area contributed by atoms with Crippen molar-refractivity contribution in [2.24, 2.45) is 7.05 Å². The molecule has 3 heterocycles. The van der Waals surface area contributed by atoms with Crippen molar-refractivity contribution in [3.63, 3.8) is 0 Å². The summed E-state index contributed by atoms with van der Waals surface area (Å²) < 4.78 is 18.4. The first-order valence-corrected chi connectivity index (χ1v) is 11.8. The van der Waals surface area contributed by atoms with Crippen LogP contribution in [-0.2, 0) is 16.6 Å². The number of fused-ring (bicyclic) bond motifs is 1. The second-order valence-electron chi connectivity index (χ2n) is 8.56. The summed E-state index contributed by atoms with van der Waals surface area (Å²) in [4.78, 5) is 34.8. The van der Waals surface area contributed by atoms with Gasteiger partial charge in [-0.2, -0.15) is 5.10 Å². The summed E-state index contributed by atoms with van der Waals surface area (Å²) >= 11 is 6.03. The molecule has 4 aromatic rings. The fraction of sp³-hybridized carbons (Fsp3) is 0.269. The van der Waals surface area contributed by atoms with Crippen LogP contribution in [0.1, 0.15) is 24.1 Å². The highest BCUT2D eigenvalue weighted by Gasteiger charge is 2.29. The number of carbonyl (C=O) groups excluding carboxylic acids is 1. The smallest absolute Gasteiger partial charge is 0.340 e. The predicted octanol–water partition coefficient (Wildman–Crippen LogP) is 4.54. The summed E-state index contributed by atoms with van der Waals surface area (Å²) in [6, 6.07) is 10.5. The molecule has 1 atom stereocenters. The molecular weight excluding hydrogens is 484 g/mol. The van der Waals surface area contributed by atoms with Gasteiger partial charge in [0.1, 0.15) is 11.4 Å². The van der Waals surface area contributed by atoms with Gasteiger partial charge in [0, 0.05) is 18.7 Å². The highest BCUT2D eigenvalue weighted by molar-refractivity contribution is 6.31. The van der Waals surface area contributed by atoms with Crippen molar-refractivity contribution in [2.75, 3.05) is 6.61 Å². The van der Waals surface area contributed by atoms with Crippen LogP contribution in [0.15, 0.2) is 47.4 Å². The van der Waals surface area contributed by atoms with Crippen LogP contribution in [0.5, 0.6) is 17.4 Å². The summed E-state index contributed by atoms with van der Waals surface area (Å²) in [7, 11) is 1.55. The lowest BCUT2D eigenvalue weighted by molar-refractivity contribution is -0.144. The number of hydrogen-bond acceptors (Lipinski definition) is 8. The fourth-order valence-electron chi connectivity index (χ4n) is 4.12. The first kappa shape index (κ1) is 23.9. The molecule has 1 aliphatic rings. The molecule has 1 unspecified atom stereocenters. The molecule has 0 N–H and O–H groups in total. The number of aryl methyl sites for hydroxylation is 3. The number of ether oxygens (including phenoxy) is 3. The standard InChI is InChI=1S/C26H23ClN4O5/c1-14-6-8-17(35-22-13-28-20-11-16(27)7-9-19(20)29-22)12-18(14)23-24(15(2)30-31(3)25(23)32)36-26(33)21-5-4-10-34-21/h6-9,11-13,21H,4-5,10H2,1-3H3. The first-order valence-electron chi connectivity index (χ1n) is 11.4. The number of halogens is 1. The van der Waals surface area contributed by atoms with Gasteiger partial charge in [0.05, 0.1) is 22.8 Å². The Bertz CT molecular complexity index is 1550. The van der Waals surface area contributed by atoms with Crippen LogP contribution in [0.3, 0.4) is 0 Å². The highest BCUT2D eigenvalue weighted by atomic mass is 35.5. The zero-order chi connectivity index (χ0) is 25.4. The Morgan fingerprint density at radius 2 is 2.00 bits per heavy atom. The third-order valence-electron chi connectivity index (χ3n) is 5.94. The SMILES string of the molecule is Cc1ccc(Oc2cnc3cc(Cl)ccc3n2)cc1-c1c(OC(=O)C2CCCO2)c(C)nn(C)c1=O. The van der Waals surface area contributed by atoms with Crippen LogP contribution in [0, 0.1) is 13.8 Å². The van der Waals surface area contributed by atoms with E-state index in [1.807, 2.05) is 13.0 Å². The van der Waals surface area contributed by atoms with E-state index in [1.165, 1.54) is 10.9 Å². The van der Waals surface area contributed by atoms with Gasteiger partial charge in [0.25, 0.3) is 5.56 Å². The van der Waals surface area contributed by atoms with Crippen LogP contribution < -0.4 is 15.0 Å². The van der Waals surface area contributed by atoms with Crippen molar-refractivity contribution >= 4 is 28.6 Å². The lowest BCUT2D eigenvalue weighted by Gasteiger charge is -2.17. The van der Waals surface area contributed by atoms with Crippen molar-refractivity contribution in [3.8, 4) is 28.5 Å². The molecule has 0 aliphatic carbocycles. The Labute approximate surface area is 211 Å². The van der Waals surface area contributed by atoms with Gasteiger partial charge >= 0.3 is 5.97 Å². The summed E-state index contributed by atoms with van der Waals surface area (Å²) in [6.45, 7) is 4.05. The molecule has 1 aliphatic heterocycles. The van der Waals surface area contributed by atoms with Crippen molar-refractivity contribution in [3.05, 3.63) is 69.2 Å². The Balaban J connectivity index is 1.54. The molecular formula is C26H23ClN4O5. The molecule has 10 heteroatoms. The lowest BCUT2D eigenvalue weighted by Crippen LogP contribution is -2.29. The second kappa shape index (κ2) is 9.67. The van der Waals surface area contributed by atoms with Gasteiger partial charge in [0.2, 0.25) is 5.88 Å². The molecule has 0 spiro atoms. The Morgan fingerprint density at radius 3 is 2.78 bits per heavy atom. The van der Waals surface area contributed by atoms with Crippen LogP contribution in [0.4, 0.5) is 0 Å². The van der Waals surface area contributed by atoms with Crippen molar-refractivity contribution < 1.29 is 19.0 Å². The number of nitrogens with zero attached hydrogens (tertiary/aromatic N) is 4. The molecule has 0 saturated carbocycles. The number of esters is 1. The molecule has 2 aromatic heterocycles. The van der Waals surface area contributed by atoms with Crippen LogP contribution in [0.2, 0.25) is 5.02 Å². The molecule has 36 heavy (non-hydrogen) atoms. The van der Waals surface area contributed by atoms with E-state index in [4.69, 9.17) is 25.8 Å². The van der Waals surface area contributed by atoms with E-state index < -0.39 is 17.6 Å². The van der Waals surface area contributed by atoms with Gasteiger partial charge in [0.15, 0.2) is 11.9 Å². The molecule has 184 valence electrons. The zero-order valence-corrected chi connectivity index (χ0v) is 20.7. The van der Waals surface area contributed by atoms with Crippen LogP contribution in [0.25, 0.3) is 22.2 Å². The summed E-state index contributed by atoms with van der Waals surface area (Å²) in [5.41, 5.74) is 2.84. The minimum Gasteiger partial charge on any atom is -0.437 e. The van der Waals surface area contributed by atoms with Crippen molar-refractivity contribution in [1.82, 2.24) is 19.7 Å². The van der Waals surface area contributed by atoms with E-state index in [-0.39, 0.29) is 17.2 Å². The van der Waals surface area contributed by atoms with E-state index in [0.717, 1.165) is 12.0 Å². The molecule has 0 radical (unpaired) electrons. The van der Waals surface area contributed by atoms with Crippen LogP contribution in [-0.4, -0.2) is 38.4 Å². The third-order valence-corrected chi connectivity index (χ3v) is 6.18. The van der Waals surface area contributed by atoms with Gasteiger partial charge < -0.3 is 14.2 Å². The molecule has 0 amide bonds. The van der Waals surface area contributed by atoms with E-state index in [9.17, 15) is 9.59 Å². The second-order valence-corrected chi connectivity index (χ2v) is 9.00. The first-order chi connectivity index (χ1) is 17.3. The van der Waals surface area contributed by atoms with Crippen molar-refractivity contribution in [2.45, 2.75) is 32.8 Å². The summed E-state index contributed by atoms with van der Waals surface area (Å²) in [5, 5.41) is 4.79. The normalized spacial score (nSPS) is 15.3. The zero-order valence-electron chi connectivity index (χ0n) is 19.9. The van der Waals surface area contributed by atoms with E-state index in [0.29, 0.717) is 46.1 Å². The minimum atomic E-state index is -0.654. The number of hydrogen-bond donors (Lipinski definition) is 0. The average Bonchev–Trinajstić information content (AvgIpc) is 3.40. The Hall–Kier alpha value is -3.82. The average molecular weight is 507 g/mol. The van der Waals surface area contributed by atoms with Gasteiger partial charge in [-0.15, -0.1) is 0 Å². The maximum Gasteiger partial charge on any atom is 0.340 e. The largest absolute Gasteiger partial charge is 0.437 e. The molecule has 1 fully saturated rings. The van der Waals surface area contributed by atoms with Gasteiger partial charge in [-0.05, 0) is 68.1 Å². The molecule has 2 aromatic carbocycles. The lowest BCUT2D eigenvalue weighted by atomic mass is 10.00. The predicted molar refractivity (Wildman–Crippen MR) is 134 cm³/mol. The number of aromatic nitrogens is 4. The molecule has 5 rings (SSSR count). The topological polar surface area (TPSA) is 105 Å². The van der Waals surface area contributed by atoms with Crippen molar-refractivity contribution in [1.29, 1.82) is 0 Å². The van der Waals surface area contributed by atoms with Gasteiger partial charge in [-0.3, -0.25) is 4.79 Å². The third kappa shape index (κ3) is 4.67. The Kier molecular flexibility index (Phi) is 6.42. The fourth-order valence-corrected chi connectivity index (χ4v) is 4.28. The highest BCUT2D eigenvalue weighted by Crippen LogP contribution is 2.35. The number of rotatable bonds is 5. The van der Waals surface area contributed by atoms with E-state index >= 15 is 0 Å². The Morgan fingerprint density at radius 1 is 1.17 bits per heavy atom. The van der Waals surface area contributed by atoms with Gasteiger partial charge in [-0.1, -0.05) is 17.7 Å². The molecule has 0 bridgehead atoms.